The van der Waals surface area contributed by atoms with Gasteiger partial charge in [-0.25, -0.2) is 4.79 Å². The Hall–Kier alpha value is -3.75. The smallest absolute Gasteiger partial charge is 0.326 e. The van der Waals surface area contributed by atoms with Crippen molar-refractivity contribution < 1.29 is 54.0 Å². The van der Waals surface area contributed by atoms with Crippen molar-refractivity contribution in [3.8, 4) is 0 Å². The lowest BCUT2D eigenvalue weighted by atomic mass is 10.0. The molecule has 0 fully saturated rings. The van der Waals surface area contributed by atoms with Crippen LogP contribution < -0.4 is 21.7 Å². The summed E-state index contributed by atoms with van der Waals surface area (Å²) in [6, 6.07) is -5.98. The Morgan fingerprint density at radius 3 is 1.51 bits per heavy atom. The third kappa shape index (κ3) is 13.5. The highest BCUT2D eigenvalue weighted by Gasteiger charge is 2.32. The van der Waals surface area contributed by atoms with Crippen molar-refractivity contribution >= 4 is 41.6 Å². The van der Waals surface area contributed by atoms with Crippen LogP contribution in [0.3, 0.4) is 0 Å². The van der Waals surface area contributed by atoms with E-state index in [0.29, 0.717) is 0 Å². The van der Waals surface area contributed by atoms with Gasteiger partial charge in [-0.3, -0.25) is 28.8 Å². The topological polar surface area (TPSA) is 263 Å². The molecule has 3 amide bonds. The number of carboxylic acid groups (broad SMARTS) is 4. The fourth-order valence-electron chi connectivity index (χ4n) is 2.88. The molecule has 0 radical (unpaired) electrons. The Kier molecular flexibility index (Phi) is 13.6. The van der Waals surface area contributed by atoms with Crippen LogP contribution in [-0.2, 0) is 33.6 Å². The third-order valence-electron chi connectivity index (χ3n) is 4.62. The first kappa shape index (κ1) is 31.2. The van der Waals surface area contributed by atoms with Gasteiger partial charge in [-0.2, -0.15) is 0 Å². The summed E-state index contributed by atoms with van der Waals surface area (Å²) in [5.41, 5.74) is 5.77. The van der Waals surface area contributed by atoms with Crippen LogP contribution in [0.2, 0.25) is 0 Å². The minimum atomic E-state index is -1.81. The number of carbonyl (C=O) groups is 7. The van der Waals surface area contributed by atoms with Gasteiger partial charge in [0.1, 0.15) is 18.1 Å². The second kappa shape index (κ2) is 15.2. The van der Waals surface area contributed by atoms with Crippen molar-refractivity contribution in [2.24, 2.45) is 11.7 Å². The predicted octanol–water partition coefficient (Wildman–Crippen LogP) is -1.90. The van der Waals surface area contributed by atoms with E-state index in [-0.39, 0.29) is 12.3 Å². The molecule has 0 saturated heterocycles. The predicted molar refractivity (Wildman–Crippen MR) is 117 cm³/mol. The Labute approximate surface area is 200 Å². The quantitative estimate of drug-likeness (QED) is 0.108. The molecule has 4 unspecified atom stereocenters. The number of hydrogen-bond donors (Lipinski definition) is 8. The van der Waals surface area contributed by atoms with E-state index < -0.39 is 97.9 Å². The normalized spacial score (nSPS) is 14.2. The number of rotatable bonds is 17. The van der Waals surface area contributed by atoms with Crippen LogP contribution in [0.4, 0.5) is 0 Å². The summed E-state index contributed by atoms with van der Waals surface area (Å²) in [6.45, 7) is 3.61. The first-order valence-corrected chi connectivity index (χ1v) is 10.7. The number of aliphatic carboxylic acids is 4. The number of nitrogens with one attached hydrogen (secondary N) is 3. The average Bonchev–Trinajstić information content (AvgIpc) is 2.71. The number of hydrogen-bond acceptors (Lipinski definition) is 8. The lowest BCUT2D eigenvalue weighted by Gasteiger charge is -2.24. The van der Waals surface area contributed by atoms with Gasteiger partial charge < -0.3 is 42.1 Å². The van der Waals surface area contributed by atoms with E-state index >= 15 is 0 Å². The minimum absolute atomic E-state index is 0.0361. The molecular formula is C20H32N4O11. The van der Waals surface area contributed by atoms with Crippen molar-refractivity contribution in [3.63, 3.8) is 0 Å². The summed E-state index contributed by atoms with van der Waals surface area (Å²) < 4.78 is 0. The van der Waals surface area contributed by atoms with Gasteiger partial charge >= 0.3 is 23.9 Å². The van der Waals surface area contributed by atoms with Gasteiger partial charge in [-0.05, 0) is 25.2 Å². The standard InChI is InChI=1S/C20H32N4O11/c1-9(2)7-10(21)17(31)22-11(3-5-14(25)26)18(32)24-13(8-16(29)30)19(33)23-12(20(34)35)4-6-15(27)28/h9-13H,3-8,21H2,1-2H3,(H,22,31)(H,23,33)(H,24,32)(H,25,26)(H,27,28)(H,29,30)(H,34,35). The Morgan fingerprint density at radius 1 is 0.657 bits per heavy atom. The molecule has 0 saturated carbocycles. The van der Waals surface area contributed by atoms with Crippen molar-refractivity contribution in [3.05, 3.63) is 0 Å². The van der Waals surface area contributed by atoms with E-state index in [1.807, 2.05) is 5.32 Å². The first-order valence-electron chi connectivity index (χ1n) is 10.7. The van der Waals surface area contributed by atoms with E-state index in [1.54, 1.807) is 13.8 Å². The average molecular weight is 504 g/mol. The fourth-order valence-corrected chi connectivity index (χ4v) is 2.88. The maximum absolute atomic E-state index is 12.7. The lowest BCUT2D eigenvalue weighted by molar-refractivity contribution is -0.144. The molecule has 198 valence electrons. The van der Waals surface area contributed by atoms with Crippen LogP contribution in [0.25, 0.3) is 0 Å². The van der Waals surface area contributed by atoms with E-state index in [1.165, 1.54) is 0 Å². The number of nitrogens with two attached hydrogens (primary N) is 1. The SMILES string of the molecule is CC(C)CC(N)C(=O)NC(CCC(=O)O)C(=O)NC(CC(=O)O)C(=O)NC(CCC(=O)O)C(=O)O. The minimum Gasteiger partial charge on any atom is -0.481 e. The number of carboxylic acids is 4. The highest BCUT2D eigenvalue weighted by atomic mass is 16.4. The molecule has 35 heavy (non-hydrogen) atoms. The zero-order valence-corrected chi connectivity index (χ0v) is 19.4. The first-order chi connectivity index (χ1) is 16.1. The van der Waals surface area contributed by atoms with E-state index in [0.717, 1.165) is 0 Å². The van der Waals surface area contributed by atoms with Crippen LogP contribution >= 0.6 is 0 Å². The molecule has 0 aromatic rings. The summed E-state index contributed by atoms with van der Waals surface area (Å²) in [5, 5.41) is 42.2. The van der Waals surface area contributed by atoms with Gasteiger partial charge in [0.25, 0.3) is 0 Å². The van der Waals surface area contributed by atoms with E-state index in [2.05, 4.69) is 10.6 Å². The summed E-state index contributed by atoms with van der Waals surface area (Å²) in [6.07, 6.45) is -2.78. The van der Waals surface area contributed by atoms with E-state index in [4.69, 9.17) is 21.1 Å². The molecule has 9 N–H and O–H groups in total. The Morgan fingerprint density at radius 2 is 1.09 bits per heavy atom. The summed E-state index contributed by atoms with van der Waals surface area (Å²) >= 11 is 0. The summed E-state index contributed by atoms with van der Waals surface area (Å²) in [7, 11) is 0. The molecular weight excluding hydrogens is 472 g/mol. The molecule has 0 aromatic heterocycles. The van der Waals surface area contributed by atoms with Gasteiger partial charge in [-0.1, -0.05) is 13.8 Å². The Balaban J connectivity index is 5.59. The molecule has 15 heteroatoms. The number of carbonyl (C=O) groups excluding carboxylic acids is 3. The molecule has 0 heterocycles. The molecule has 0 aliphatic carbocycles. The van der Waals surface area contributed by atoms with Crippen molar-refractivity contribution in [2.45, 2.75) is 76.5 Å². The van der Waals surface area contributed by atoms with E-state index in [9.17, 15) is 38.7 Å². The van der Waals surface area contributed by atoms with Gasteiger partial charge in [0.2, 0.25) is 17.7 Å². The van der Waals surface area contributed by atoms with Crippen molar-refractivity contribution in [1.29, 1.82) is 0 Å². The zero-order chi connectivity index (χ0) is 27.3. The summed E-state index contributed by atoms with van der Waals surface area (Å²) in [4.78, 5) is 81.7. The maximum Gasteiger partial charge on any atom is 0.326 e. The molecule has 0 aliphatic rings. The maximum atomic E-state index is 12.7. The van der Waals surface area contributed by atoms with Gasteiger partial charge in [0.15, 0.2) is 0 Å². The lowest BCUT2D eigenvalue weighted by Crippen LogP contribution is -2.57. The van der Waals surface area contributed by atoms with Crippen LogP contribution in [0.5, 0.6) is 0 Å². The molecule has 0 aliphatic heterocycles. The van der Waals surface area contributed by atoms with Crippen LogP contribution in [0, 0.1) is 5.92 Å². The molecule has 0 spiro atoms. The molecule has 15 nitrogen and oxygen atoms in total. The van der Waals surface area contributed by atoms with Crippen LogP contribution in [0.15, 0.2) is 0 Å². The highest BCUT2D eigenvalue weighted by Crippen LogP contribution is 2.06. The second-order valence-electron chi connectivity index (χ2n) is 8.22. The highest BCUT2D eigenvalue weighted by molar-refractivity contribution is 5.95. The second-order valence-corrected chi connectivity index (χ2v) is 8.22. The van der Waals surface area contributed by atoms with Crippen LogP contribution in [-0.4, -0.2) is 86.2 Å². The van der Waals surface area contributed by atoms with Crippen LogP contribution in [0.1, 0.15) is 52.4 Å². The summed E-state index contributed by atoms with van der Waals surface area (Å²) in [5.74, 6) is -8.76. The zero-order valence-electron chi connectivity index (χ0n) is 19.4. The van der Waals surface area contributed by atoms with Gasteiger partial charge in [0.05, 0.1) is 12.5 Å². The van der Waals surface area contributed by atoms with Crippen molar-refractivity contribution in [1.82, 2.24) is 16.0 Å². The number of amides is 3. The Bertz CT molecular complexity index is 815. The third-order valence-corrected chi connectivity index (χ3v) is 4.62. The largest absolute Gasteiger partial charge is 0.481 e. The fraction of sp³-hybridized carbons (Fsp3) is 0.650. The molecule has 4 atom stereocenters. The van der Waals surface area contributed by atoms with Crippen molar-refractivity contribution in [2.75, 3.05) is 0 Å². The molecule has 0 rings (SSSR count). The van der Waals surface area contributed by atoms with Gasteiger partial charge in [-0.15, -0.1) is 0 Å². The molecule has 0 bridgehead atoms. The monoisotopic (exact) mass is 504 g/mol. The van der Waals surface area contributed by atoms with Gasteiger partial charge in [0, 0.05) is 12.8 Å². The molecule has 0 aromatic carbocycles.